The van der Waals surface area contributed by atoms with Gasteiger partial charge in [0.15, 0.2) is 0 Å². The first kappa shape index (κ1) is 29.3. The Labute approximate surface area is 304 Å². The Morgan fingerprint density at radius 2 is 0.904 bits per heavy atom. The van der Waals surface area contributed by atoms with E-state index in [2.05, 4.69) is 182 Å². The summed E-state index contributed by atoms with van der Waals surface area (Å²) in [6, 6.07) is 65.9. The minimum absolute atomic E-state index is 0.897. The molecule has 0 saturated carbocycles. The van der Waals surface area contributed by atoms with Crippen molar-refractivity contribution in [2.75, 3.05) is 0 Å². The number of hydrogen-bond donors (Lipinski definition) is 0. The van der Waals surface area contributed by atoms with E-state index in [4.69, 9.17) is 4.42 Å². The molecular formula is C50H30OS. The van der Waals surface area contributed by atoms with Crippen molar-refractivity contribution >= 4 is 74.8 Å². The second kappa shape index (κ2) is 11.5. The van der Waals surface area contributed by atoms with Gasteiger partial charge in [-0.1, -0.05) is 164 Å². The third-order valence-corrected chi connectivity index (χ3v) is 11.8. The lowest BCUT2D eigenvalue weighted by atomic mass is 9.85. The van der Waals surface area contributed by atoms with E-state index < -0.39 is 0 Å². The van der Waals surface area contributed by atoms with Gasteiger partial charge in [-0.15, -0.1) is 11.3 Å². The van der Waals surface area contributed by atoms with Gasteiger partial charge in [0.1, 0.15) is 11.3 Å². The lowest BCUT2D eigenvalue weighted by Crippen LogP contribution is -1.91. The Morgan fingerprint density at radius 3 is 1.58 bits per heavy atom. The van der Waals surface area contributed by atoms with E-state index in [9.17, 15) is 0 Å². The molecule has 242 valence electrons. The predicted octanol–water partition coefficient (Wildman–Crippen LogP) is 14.9. The van der Waals surface area contributed by atoms with Gasteiger partial charge < -0.3 is 4.42 Å². The number of rotatable bonds is 4. The van der Waals surface area contributed by atoms with E-state index in [0.29, 0.717) is 0 Å². The van der Waals surface area contributed by atoms with Crippen molar-refractivity contribution in [3.8, 4) is 44.7 Å². The van der Waals surface area contributed by atoms with Crippen LogP contribution >= 0.6 is 11.3 Å². The summed E-state index contributed by atoms with van der Waals surface area (Å²) in [5.74, 6) is 0.898. The molecule has 0 bridgehead atoms. The molecule has 0 spiro atoms. The van der Waals surface area contributed by atoms with E-state index >= 15 is 0 Å². The summed E-state index contributed by atoms with van der Waals surface area (Å²) in [4.78, 5) is 0. The molecule has 11 aromatic rings. The van der Waals surface area contributed by atoms with Crippen LogP contribution in [0, 0.1) is 0 Å². The van der Waals surface area contributed by atoms with Crippen LogP contribution in [0.3, 0.4) is 0 Å². The van der Waals surface area contributed by atoms with Gasteiger partial charge in [-0.3, -0.25) is 0 Å². The van der Waals surface area contributed by atoms with Crippen LogP contribution in [0.15, 0.2) is 186 Å². The van der Waals surface area contributed by atoms with E-state index in [0.717, 1.165) is 28.0 Å². The van der Waals surface area contributed by atoms with Gasteiger partial charge in [-0.25, -0.2) is 0 Å². The lowest BCUT2D eigenvalue weighted by molar-refractivity contribution is 0.633. The van der Waals surface area contributed by atoms with Gasteiger partial charge in [0.2, 0.25) is 0 Å². The third-order valence-electron chi connectivity index (χ3n) is 10.6. The molecule has 0 aliphatic carbocycles. The molecule has 2 heterocycles. The summed E-state index contributed by atoms with van der Waals surface area (Å²) < 4.78 is 9.75. The Bertz CT molecular complexity index is 3110. The van der Waals surface area contributed by atoms with Crippen LogP contribution < -0.4 is 0 Å². The number of thiophene rings is 1. The molecule has 0 unspecified atom stereocenters. The number of furan rings is 1. The van der Waals surface area contributed by atoms with Crippen LogP contribution in [-0.4, -0.2) is 0 Å². The molecule has 0 amide bonds. The molecule has 0 atom stereocenters. The summed E-state index contributed by atoms with van der Waals surface area (Å²) >= 11 is 1.88. The van der Waals surface area contributed by atoms with Gasteiger partial charge in [0.05, 0.1) is 0 Å². The zero-order chi connectivity index (χ0) is 34.2. The first-order valence-electron chi connectivity index (χ1n) is 17.8. The third kappa shape index (κ3) is 4.35. The highest BCUT2D eigenvalue weighted by Crippen LogP contribution is 2.53. The van der Waals surface area contributed by atoms with E-state index in [1.54, 1.807) is 0 Å². The van der Waals surface area contributed by atoms with Gasteiger partial charge in [-0.05, 0) is 72.8 Å². The molecule has 1 nitrogen and oxygen atoms in total. The second-order valence-electron chi connectivity index (χ2n) is 13.5. The monoisotopic (exact) mass is 678 g/mol. The Morgan fingerprint density at radius 1 is 0.365 bits per heavy atom. The molecule has 0 N–H and O–H groups in total. The summed E-state index contributed by atoms with van der Waals surface area (Å²) in [7, 11) is 0. The van der Waals surface area contributed by atoms with Crippen molar-refractivity contribution in [2.24, 2.45) is 0 Å². The molecular weight excluding hydrogens is 649 g/mol. The fraction of sp³-hybridized carbons (Fsp3) is 0. The highest BCUT2D eigenvalue weighted by Gasteiger charge is 2.26. The van der Waals surface area contributed by atoms with Crippen LogP contribution in [0.5, 0.6) is 0 Å². The van der Waals surface area contributed by atoms with E-state index in [1.165, 1.54) is 80.1 Å². The van der Waals surface area contributed by atoms with Crippen LogP contribution in [0.4, 0.5) is 0 Å². The fourth-order valence-electron chi connectivity index (χ4n) is 8.41. The molecule has 2 aromatic heterocycles. The molecule has 0 aliphatic rings. The summed E-state index contributed by atoms with van der Waals surface area (Å²) in [6.07, 6.45) is 0. The van der Waals surface area contributed by atoms with Crippen molar-refractivity contribution in [1.29, 1.82) is 0 Å². The van der Waals surface area contributed by atoms with Crippen LogP contribution in [0.2, 0.25) is 0 Å². The zero-order valence-corrected chi connectivity index (χ0v) is 29.0. The van der Waals surface area contributed by atoms with E-state index in [-0.39, 0.29) is 0 Å². The van der Waals surface area contributed by atoms with Gasteiger partial charge >= 0.3 is 0 Å². The summed E-state index contributed by atoms with van der Waals surface area (Å²) in [5.41, 5.74) is 9.20. The molecule has 0 aliphatic heterocycles. The smallest absolute Gasteiger partial charge is 0.143 e. The molecule has 0 fully saturated rings. The quantitative estimate of drug-likeness (QED) is 0.169. The molecule has 0 radical (unpaired) electrons. The number of hydrogen-bond acceptors (Lipinski definition) is 2. The van der Waals surface area contributed by atoms with Crippen LogP contribution in [0.1, 0.15) is 0 Å². The highest BCUT2D eigenvalue weighted by molar-refractivity contribution is 7.26. The molecule has 0 saturated heterocycles. The Kier molecular flexibility index (Phi) is 6.49. The molecule has 52 heavy (non-hydrogen) atoms. The zero-order valence-electron chi connectivity index (χ0n) is 28.1. The molecule has 2 heteroatoms. The maximum atomic E-state index is 7.20. The van der Waals surface area contributed by atoms with Crippen LogP contribution in [0.25, 0.3) is 108 Å². The standard InChI is InChI=1S/C50H30OS/c1-3-16-32(17-4-1)44-36-21-9-11-23-38(36)46(39-24-12-10-22-37(39)44)41-30-42-48(47-40-25-13-14-26-43(40)52-50(41)47)45(33-18-5-2-6-19-33)49(51-42)35-28-27-31-15-7-8-20-34(31)29-35/h1-30H. The topological polar surface area (TPSA) is 13.1 Å². The largest absolute Gasteiger partial charge is 0.455 e. The maximum Gasteiger partial charge on any atom is 0.143 e. The predicted molar refractivity (Wildman–Crippen MR) is 223 cm³/mol. The fourth-order valence-corrected chi connectivity index (χ4v) is 9.64. The van der Waals surface area contributed by atoms with Gasteiger partial charge in [0, 0.05) is 42.2 Å². The van der Waals surface area contributed by atoms with Crippen molar-refractivity contribution in [2.45, 2.75) is 0 Å². The minimum atomic E-state index is 0.897. The Hall–Kier alpha value is -6.48. The first-order valence-corrected chi connectivity index (χ1v) is 18.6. The van der Waals surface area contributed by atoms with Gasteiger partial charge in [0.25, 0.3) is 0 Å². The Balaban J connectivity index is 1.32. The summed E-state index contributed by atoms with van der Waals surface area (Å²) in [6.45, 7) is 0. The number of fused-ring (bicyclic) bond motifs is 8. The summed E-state index contributed by atoms with van der Waals surface area (Å²) in [5, 5.41) is 11.1. The minimum Gasteiger partial charge on any atom is -0.455 e. The normalized spacial score (nSPS) is 11.8. The molecule has 9 aromatic carbocycles. The van der Waals surface area contributed by atoms with Crippen molar-refractivity contribution in [1.82, 2.24) is 0 Å². The maximum absolute atomic E-state index is 7.20. The SMILES string of the molecule is c1ccc(-c2c3ccccc3c(-c3cc4oc(-c5ccc6ccccc6c5)c(-c5ccccc5)c4c4c3sc3ccccc34)c3ccccc23)cc1. The average molecular weight is 679 g/mol. The van der Waals surface area contributed by atoms with Crippen LogP contribution in [-0.2, 0) is 0 Å². The first-order chi connectivity index (χ1) is 25.8. The molecule has 11 rings (SSSR count). The number of benzene rings is 9. The van der Waals surface area contributed by atoms with Crippen molar-refractivity contribution in [3.05, 3.63) is 182 Å². The van der Waals surface area contributed by atoms with E-state index in [1.807, 2.05) is 11.3 Å². The average Bonchev–Trinajstić information content (AvgIpc) is 3.79. The van der Waals surface area contributed by atoms with Crippen molar-refractivity contribution in [3.63, 3.8) is 0 Å². The lowest BCUT2D eigenvalue weighted by Gasteiger charge is -2.18. The van der Waals surface area contributed by atoms with Gasteiger partial charge in [-0.2, -0.15) is 0 Å². The van der Waals surface area contributed by atoms with Crippen molar-refractivity contribution < 1.29 is 4.42 Å². The second-order valence-corrected chi connectivity index (χ2v) is 14.6. The highest BCUT2D eigenvalue weighted by atomic mass is 32.1.